The maximum atomic E-state index is 10.9. The van der Waals surface area contributed by atoms with Crippen molar-refractivity contribution in [3.63, 3.8) is 0 Å². The molecule has 0 spiro atoms. The van der Waals surface area contributed by atoms with E-state index in [0.29, 0.717) is 12.0 Å². The van der Waals surface area contributed by atoms with Gasteiger partial charge in [-0.3, -0.25) is 4.79 Å². The lowest BCUT2D eigenvalue weighted by Crippen LogP contribution is -2.23. The molecule has 0 amide bonds. The number of hydrogen-bond acceptors (Lipinski definition) is 5. The van der Waals surface area contributed by atoms with E-state index < -0.39 is 0 Å². The number of thiophene rings is 1. The summed E-state index contributed by atoms with van der Waals surface area (Å²) in [6, 6.07) is 1.77. The van der Waals surface area contributed by atoms with Gasteiger partial charge in [0.1, 0.15) is 5.60 Å². The van der Waals surface area contributed by atoms with Crippen molar-refractivity contribution in [3.8, 4) is 0 Å². The monoisotopic (exact) mass is 330 g/mol. The minimum Gasteiger partial charge on any atom is -0.465 e. The quantitative estimate of drug-likeness (QED) is 0.732. The molecule has 0 unspecified atom stereocenters. The Hall–Kier alpha value is -1.36. The molecule has 4 nitrogen and oxygen atoms in total. The average molecular weight is 330 g/mol. The van der Waals surface area contributed by atoms with E-state index in [1.54, 1.807) is 17.4 Å². The molecule has 5 heteroatoms. The van der Waals surface area contributed by atoms with E-state index in [1.807, 2.05) is 53.8 Å². The Bertz CT molecular complexity index is 430. The van der Waals surface area contributed by atoms with Crippen molar-refractivity contribution in [2.24, 2.45) is 0 Å². The third kappa shape index (κ3) is 11.3. The van der Waals surface area contributed by atoms with Crippen LogP contribution in [0.5, 0.6) is 0 Å². The highest BCUT2D eigenvalue weighted by molar-refractivity contribution is 7.10. The molecule has 0 aliphatic heterocycles. The molecule has 0 aliphatic rings. The zero-order chi connectivity index (χ0) is 17.8. The second kappa shape index (κ2) is 12.2. The van der Waals surface area contributed by atoms with Gasteiger partial charge >= 0.3 is 11.9 Å². The first-order valence-electron chi connectivity index (χ1n) is 7.55. The van der Waals surface area contributed by atoms with Crippen LogP contribution in [0, 0.1) is 6.92 Å². The zero-order valence-corrected chi connectivity index (χ0v) is 15.9. The number of rotatable bonds is 3. The maximum Gasteiger partial charge on any atom is 0.338 e. The van der Waals surface area contributed by atoms with E-state index in [2.05, 4.69) is 4.74 Å². The van der Waals surface area contributed by atoms with Crippen LogP contribution in [0.25, 0.3) is 0 Å². The molecule has 0 aliphatic carbocycles. The van der Waals surface area contributed by atoms with E-state index >= 15 is 0 Å². The number of hydrogen-bond donors (Lipinski definition) is 0. The van der Waals surface area contributed by atoms with Crippen molar-refractivity contribution in [2.45, 2.75) is 66.9 Å². The predicted molar refractivity (Wildman–Crippen MR) is 92.5 cm³/mol. The number of methoxy groups -OCH3 is 1. The number of carbonyl (C=O) groups is 2. The van der Waals surface area contributed by atoms with Crippen molar-refractivity contribution in [2.75, 3.05) is 7.11 Å². The Kier molecular flexibility index (Phi) is 12.7. The summed E-state index contributed by atoms with van der Waals surface area (Å²) in [6.07, 6.45) is 1.38. The smallest absolute Gasteiger partial charge is 0.338 e. The highest BCUT2D eigenvalue weighted by Gasteiger charge is 2.14. The first-order valence-corrected chi connectivity index (χ1v) is 8.43. The van der Waals surface area contributed by atoms with Crippen LogP contribution >= 0.6 is 11.3 Å². The van der Waals surface area contributed by atoms with Gasteiger partial charge in [-0.2, -0.15) is 0 Å². The fourth-order valence-electron chi connectivity index (χ4n) is 1.30. The van der Waals surface area contributed by atoms with Gasteiger partial charge < -0.3 is 9.47 Å². The molecule has 1 heterocycles. The molecule has 1 aromatic heterocycles. The fourth-order valence-corrected chi connectivity index (χ4v) is 1.99. The predicted octanol–water partition coefficient (Wildman–Crippen LogP) is 5.00. The van der Waals surface area contributed by atoms with Crippen LogP contribution in [0.1, 0.15) is 69.6 Å². The highest BCUT2D eigenvalue weighted by Crippen LogP contribution is 2.15. The number of carbonyl (C=O) groups excluding carboxylic acids is 2. The zero-order valence-electron chi connectivity index (χ0n) is 15.1. The summed E-state index contributed by atoms with van der Waals surface area (Å²) in [4.78, 5) is 22.7. The van der Waals surface area contributed by atoms with Gasteiger partial charge in [-0.15, -0.1) is 11.3 Å². The molecule has 0 fully saturated rings. The van der Waals surface area contributed by atoms with E-state index in [0.717, 1.165) is 11.3 Å². The highest BCUT2D eigenvalue weighted by atomic mass is 32.1. The number of ether oxygens (including phenoxy) is 2. The molecule has 1 rings (SSSR count). The van der Waals surface area contributed by atoms with Crippen LogP contribution < -0.4 is 0 Å². The third-order valence-corrected chi connectivity index (χ3v) is 2.98. The van der Waals surface area contributed by atoms with Gasteiger partial charge in [0, 0.05) is 11.3 Å². The average Bonchev–Trinajstić information content (AvgIpc) is 2.85. The van der Waals surface area contributed by atoms with Gasteiger partial charge in [-0.1, -0.05) is 20.8 Å². The first-order chi connectivity index (χ1) is 10.2. The molecule has 22 heavy (non-hydrogen) atoms. The lowest BCUT2D eigenvalue weighted by molar-refractivity contribution is -0.154. The Morgan fingerprint density at radius 2 is 1.77 bits per heavy atom. The maximum absolute atomic E-state index is 10.9. The van der Waals surface area contributed by atoms with Crippen LogP contribution in [-0.4, -0.2) is 24.6 Å². The lowest BCUT2D eigenvalue weighted by atomic mass is 10.2. The topological polar surface area (TPSA) is 52.6 Å². The van der Waals surface area contributed by atoms with Gasteiger partial charge in [0.2, 0.25) is 0 Å². The summed E-state index contributed by atoms with van der Waals surface area (Å²) in [5.41, 5.74) is 0.346. The Balaban J connectivity index is 0. The molecule has 0 saturated carbocycles. The van der Waals surface area contributed by atoms with Crippen LogP contribution in [-0.2, 0) is 14.3 Å². The molecule has 0 aromatic carbocycles. The summed E-state index contributed by atoms with van der Waals surface area (Å²) in [5.74, 6) is -0.353. The Morgan fingerprint density at radius 1 is 1.23 bits per heavy atom. The van der Waals surface area contributed by atoms with Crippen molar-refractivity contribution in [1.82, 2.24) is 0 Å². The van der Waals surface area contributed by atoms with Gasteiger partial charge in [0.25, 0.3) is 0 Å². The van der Waals surface area contributed by atoms with Crippen LogP contribution in [0.4, 0.5) is 0 Å². The molecule has 1 aromatic rings. The van der Waals surface area contributed by atoms with E-state index in [1.165, 1.54) is 7.11 Å². The standard InChI is InChI=1S/C8H16O2.C7H8O2S.C2H6/c1-5-6-7(9)10-8(2,3)4;1-5-6(3-4-10-5)7(8)9-2;1-2/h5-6H2,1-4H3;3-4H,1-2H3;1-2H3. The van der Waals surface area contributed by atoms with E-state index in [9.17, 15) is 9.59 Å². The molecule has 0 atom stereocenters. The molecule has 0 bridgehead atoms. The van der Waals surface area contributed by atoms with Gasteiger partial charge in [-0.05, 0) is 45.6 Å². The molecule has 0 radical (unpaired) electrons. The molecule has 0 saturated heterocycles. The minimum atomic E-state index is -0.327. The summed E-state index contributed by atoms with van der Waals surface area (Å²) < 4.78 is 9.58. The summed E-state index contributed by atoms with van der Waals surface area (Å²) >= 11 is 1.55. The van der Waals surface area contributed by atoms with Gasteiger partial charge in [0.05, 0.1) is 12.7 Å². The summed E-state index contributed by atoms with van der Waals surface area (Å²) in [5, 5.41) is 1.88. The second-order valence-electron chi connectivity index (χ2n) is 5.22. The van der Waals surface area contributed by atoms with Gasteiger partial charge in [0.15, 0.2) is 0 Å². The second-order valence-corrected chi connectivity index (χ2v) is 6.34. The summed E-state index contributed by atoms with van der Waals surface area (Å²) in [6.45, 7) is 13.5. The van der Waals surface area contributed by atoms with Crippen LogP contribution in [0.2, 0.25) is 0 Å². The Labute approximate surface area is 138 Å². The first kappa shape index (κ1) is 22.9. The van der Waals surface area contributed by atoms with Crippen LogP contribution in [0.3, 0.4) is 0 Å². The molecule has 128 valence electrons. The largest absolute Gasteiger partial charge is 0.465 e. The normalized spacial score (nSPS) is 9.64. The minimum absolute atomic E-state index is 0.102. The molecule has 0 N–H and O–H groups in total. The van der Waals surface area contributed by atoms with Crippen molar-refractivity contribution in [3.05, 3.63) is 21.9 Å². The number of esters is 2. The lowest BCUT2D eigenvalue weighted by Gasteiger charge is -2.18. The third-order valence-electron chi connectivity index (χ3n) is 2.14. The van der Waals surface area contributed by atoms with E-state index in [-0.39, 0.29) is 17.5 Å². The number of aryl methyl sites for hydroxylation is 1. The molecular weight excluding hydrogens is 300 g/mol. The SMILES string of the molecule is CC.CCCC(=O)OC(C)(C)C.COC(=O)c1ccsc1C. The van der Waals surface area contributed by atoms with Gasteiger partial charge in [-0.25, -0.2) is 4.79 Å². The van der Waals surface area contributed by atoms with Crippen molar-refractivity contribution >= 4 is 23.3 Å². The van der Waals surface area contributed by atoms with Crippen molar-refractivity contribution in [1.29, 1.82) is 0 Å². The summed E-state index contributed by atoms with van der Waals surface area (Å²) in [7, 11) is 1.39. The fraction of sp³-hybridized carbons (Fsp3) is 0.647. The van der Waals surface area contributed by atoms with Crippen molar-refractivity contribution < 1.29 is 19.1 Å². The van der Waals surface area contributed by atoms with E-state index in [4.69, 9.17) is 4.74 Å². The van der Waals surface area contributed by atoms with Crippen LogP contribution in [0.15, 0.2) is 11.4 Å². The molecular formula is C17H30O4S. The Morgan fingerprint density at radius 3 is 2.09 bits per heavy atom.